The van der Waals surface area contributed by atoms with Crippen molar-refractivity contribution in [3.63, 3.8) is 0 Å². The van der Waals surface area contributed by atoms with Crippen LogP contribution in [0.1, 0.15) is 17.8 Å². The van der Waals surface area contributed by atoms with Gasteiger partial charge in [0.1, 0.15) is 5.01 Å². The van der Waals surface area contributed by atoms with Gasteiger partial charge in [-0.2, -0.15) is 0 Å². The van der Waals surface area contributed by atoms with E-state index in [1.165, 1.54) is 0 Å². The Bertz CT molecular complexity index is 1720. The minimum Gasteiger partial charge on any atom is -0.236 e. The molecular weight excluding hydrogens is 496 g/mol. The zero-order valence-electron chi connectivity index (χ0n) is 21.4. The third kappa shape index (κ3) is 5.17. The molecule has 0 saturated carbocycles. The quantitative estimate of drug-likeness (QED) is 0.187. The van der Waals surface area contributed by atoms with E-state index >= 15 is 0 Å². The third-order valence-corrected chi connectivity index (χ3v) is 7.60. The lowest BCUT2D eigenvalue weighted by Crippen LogP contribution is -2.00. The van der Waals surface area contributed by atoms with Crippen LogP contribution in [0.4, 0.5) is 0 Å². The Morgan fingerprint density at radius 2 is 1.18 bits per heavy atom. The Balaban J connectivity index is 1.60. The number of fused-ring (bicyclic) bond motifs is 1. The fourth-order valence-corrected chi connectivity index (χ4v) is 5.49. The lowest BCUT2D eigenvalue weighted by molar-refractivity contribution is 1.07. The Morgan fingerprint density at radius 3 is 1.74 bits per heavy atom. The van der Waals surface area contributed by atoms with Crippen molar-refractivity contribution in [1.82, 2.24) is 19.9 Å². The Morgan fingerprint density at radius 1 is 0.641 bits per heavy atom. The molecule has 0 aliphatic carbocycles. The number of nitrogens with zero attached hydrogens (tertiary/aromatic N) is 4. The van der Waals surface area contributed by atoms with Gasteiger partial charge in [0.15, 0.2) is 17.5 Å². The molecule has 39 heavy (non-hydrogen) atoms. The first kappa shape index (κ1) is 24.6. The van der Waals surface area contributed by atoms with E-state index in [2.05, 4.69) is 49.6 Å². The molecular formula is C34H26N4S. The highest BCUT2D eigenvalue weighted by molar-refractivity contribution is 7.19. The Labute approximate surface area is 232 Å². The van der Waals surface area contributed by atoms with Crippen LogP contribution in [-0.4, -0.2) is 19.9 Å². The summed E-state index contributed by atoms with van der Waals surface area (Å²) < 4.78 is 1.07. The van der Waals surface area contributed by atoms with Gasteiger partial charge in [0, 0.05) is 16.7 Å². The molecule has 188 valence electrons. The average molecular weight is 523 g/mol. The normalized spacial score (nSPS) is 11.0. The van der Waals surface area contributed by atoms with Gasteiger partial charge in [0.05, 0.1) is 10.2 Å². The van der Waals surface area contributed by atoms with E-state index in [4.69, 9.17) is 19.9 Å². The van der Waals surface area contributed by atoms with Gasteiger partial charge in [-0.15, -0.1) is 17.9 Å². The summed E-state index contributed by atoms with van der Waals surface area (Å²) in [4.78, 5) is 19.9. The molecule has 0 aliphatic rings. The molecule has 2 heterocycles. The van der Waals surface area contributed by atoms with Crippen molar-refractivity contribution in [2.24, 2.45) is 0 Å². The molecule has 0 amide bonds. The molecule has 2 aromatic heterocycles. The number of aromatic nitrogens is 4. The first-order valence-corrected chi connectivity index (χ1v) is 13.7. The van der Waals surface area contributed by atoms with Gasteiger partial charge in [-0.05, 0) is 41.7 Å². The second kappa shape index (κ2) is 10.9. The van der Waals surface area contributed by atoms with E-state index in [1.807, 2.05) is 72.8 Å². The van der Waals surface area contributed by atoms with Crippen LogP contribution < -0.4 is 0 Å². The molecule has 0 radical (unpaired) electrons. The molecule has 0 bridgehead atoms. The molecule has 0 atom stereocenters. The second-order valence-corrected chi connectivity index (χ2v) is 10.3. The highest BCUT2D eigenvalue weighted by Crippen LogP contribution is 2.38. The van der Waals surface area contributed by atoms with Crippen LogP contribution >= 0.6 is 11.3 Å². The van der Waals surface area contributed by atoms with Gasteiger partial charge in [0.25, 0.3) is 0 Å². The van der Waals surface area contributed by atoms with Crippen LogP contribution in [0.3, 0.4) is 0 Å². The van der Waals surface area contributed by atoms with Crippen LogP contribution in [0.25, 0.3) is 61.1 Å². The molecule has 6 rings (SSSR count). The first-order valence-electron chi connectivity index (χ1n) is 12.9. The Kier molecular flexibility index (Phi) is 6.89. The predicted octanol–water partition coefficient (Wildman–Crippen LogP) is 9.13. The molecule has 6 aromatic rings. The van der Waals surface area contributed by atoms with E-state index in [0.29, 0.717) is 17.5 Å². The van der Waals surface area contributed by atoms with Crippen molar-refractivity contribution in [2.75, 3.05) is 0 Å². The summed E-state index contributed by atoms with van der Waals surface area (Å²) in [7, 11) is 0. The number of hydrogen-bond acceptors (Lipinski definition) is 5. The topological polar surface area (TPSA) is 51.6 Å². The SMILES string of the molecule is C=CCCC(=C)c1nc2c(-c3nc(-c4ccccc4)nc(-c4ccccc4)n3)cc(-c3ccccc3)cc2s1. The second-order valence-electron chi connectivity index (χ2n) is 9.22. The summed E-state index contributed by atoms with van der Waals surface area (Å²) >= 11 is 1.66. The van der Waals surface area contributed by atoms with Crippen LogP contribution in [0.15, 0.2) is 122 Å². The fourth-order valence-electron chi connectivity index (χ4n) is 4.46. The van der Waals surface area contributed by atoms with E-state index in [-0.39, 0.29) is 0 Å². The van der Waals surface area contributed by atoms with Gasteiger partial charge in [-0.25, -0.2) is 19.9 Å². The van der Waals surface area contributed by atoms with E-state index < -0.39 is 0 Å². The molecule has 0 unspecified atom stereocenters. The molecule has 0 spiro atoms. The van der Waals surface area contributed by atoms with Crippen molar-refractivity contribution >= 4 is 27.1 Å². The standard InChI is InChI=1S/C34H26N4S/c1-3-4-14-23(2)34-35-30-28(21-27(22-29(30)39-34)24-15-8-5-9-16-24)33-37-31(25-17-10-6-11-18-25)36-32(38-33)26-19-12-7-13-20-26/h3,5-13,15-22H,1-2,4,14H2. The summed E-state index contributed by atoms with van der Waals surface area (Å²) in [5.41, 5.74) is 6.85. The van der Waals surface area contributed by atoms with Crippen molar-refractivity contribution < 1.29 is 0 Å². The predicted molar refractivity (Wildman–Crippen MR) is 163 cm³/mol. The summed E-state index contributed by atoms with van der Waals surface area (Å²) in [6.45, 7) is 8.16. The van der Waals surface area contributed by atoms with Crippen molar-refractivity contribution in [2.45, 2.75) is 12.8 Å². The maximum absolute atomic E-state index is 5.07. The van der Waals surface area contributed by atoms with Gasteiger partial charge in [-0.3, -0.25) is 0 Å². The van der Waals surface area contributed by atoms with E-state index in [9.17, 15) is 0 Å². The van der Waals surface area contributed by atoms with Crippen LogP contribution in [0.2, 0.25) is 0 Å². The van der Waals surface area contributed by atoms with Crippen molar-refractivity contribution in [3.05, 3.63) is 127 Å². The summed E-state index contributed by atoms with van der Waals surface area (Å²) in [6.07, 6.45) is 3.61. The van der Waals surface area contributed by atoms with Gasteiger partial charge >= 0.3 is 0 Å². The minimum absolute atomic E-state index is 0.596. The molecule has 0 fully saturated rings. The molecule has 4 nitrogen and oxygen atoms in total. The lowest BCUT2D eigenvalue weighted by atomic mass is 10.0. The number of allylic oxidation sites excluding steroid dienone is 2. The fraction of sp³-hybridized carbons (Fsp3) is 0.0588. The van der Waals surface area contributed by atoms with Crippen molar-refractivity contribution in [3.8, 4) is 45.3 Å². The molecule has 4 aromatic carbocycles. The summed E-state index contributed by atoms with van der Waals surface area (Å²) in [6, 6.07) is 34.8. The van der Waals surface area contributed by atoms with Crippen LogP contribution in [0.5, 0.6) is 0 Å². The molecule has 0 N–H and O–H groups in total. The molecule has 0 saturated heterocycles. The van der Waals surface area contributed by atoms with Crippen molar-refractivity contribution in [1.29, 1.82) is 0 Å². The lowest BCUT2D eigenvalue weighted by Gasteiger charge is -2.10. The maximum atomic E-state index is 5.07. The van der Waals surface area contributed by atoms with Gasteiger partial charge in [-0.1, -0.05) is 104 Å². The number of benzene rings is 4. The average Bonchev–Trinajstić information content (AvgIpc) is 3.45. The van der Waals surface area contributed by atoms with Gasteiger partial charge < -0.3 is 0 Å². The maximum Gasteiger partial charge on any atom is 0.166 e. The van der Waals surface area contributed by atoms with Gasteiger partial charge in [0.2, 0.25) is 0 Å². The Hall–Kier alpha value is -4.74. The number of hydrogen-bond donors (Lipinski definition) is 0. The van der Waals surface area contributed by atoms with E-state index in [1.54, 1.807) is 11.3 Å². The molecule has 0 aliphatic heterocycles. The number of thiazole rings is 1. The zero-order chi connectivity index (χ0) is 26.6. The van der Waals surface area contributed by atoms with E-state index in [0.717, 1.165) is 61.5 Å². The zero-order valence-corrected chi connectivity index (χ0v) is 22.2. The summed E-state index contributed by atoms with van der Waals surface area (Å²) in [5.74, 6) is 1.85. The van der Waals surface area contributed by atoms with Crippen LogP contribution in [-0.2, 0) is 0 Å². The third-order valence-electron chi connectivity index (χ3n) is 6.50. The number of rotatable bonds is 8. The molecule has 5 heteroatoms. The highest BCUT2D eigenvalue weighted by Gasteiger charge is 2.19. The minimum atomic E-state index is 0.596. The monoisotopic (exact) mass is 522 g/mol. The first-order chi connectivity index (χ1) is 19.2. The van der Waals surface area contributed by atoms with Crippen LogP contribution in [0, 0.1) is 0 Å². The summed E-state index contributed by atoms with van der Waals surface area (Å²) in [5, 5.41) is 0.930. The smallest absolute Gasteiger partial charge is 0.166 e. The largest absolute Gasteiger partial charge is 0.236 e. The highest BCUT2D eigenvalue weighted by atomic mass is 32.1.